The standard InChI is InChI=1S/C16H17ClO3/c1-8-5-10-12(16(3,4)7-18)14-11(6-9(2)19-14)13(17)15(10)20-8/h5-6,18H,7H2,1-4H3. The lowest BCUT2D eigenvalue weighted by atomic mass is 9.82. The predicted octanol–water partition coefficient (Wildman–Crippen LogP) is 4.72. The van der Waals surface area contributed by atoms with Crippen molar-refractivity contribution in [1.29, 1.82) is 0 Å². The molecule has 3 aromatic rings. The van der Waals surface area contributed by atoms with Crippen molar-refractivity contribution >= 4 is 33.5 Å². The minimum absolute atomic E-state index is 0.0167. The molecule has 0 saturated heterocycles. The normalized spacial score (nSPS) is 12.7. The number of aliphatic hydroxyl groups excluding tert-OH is 1. The Kier molecular flexibility index (Phi) is 2.89. The molecule has 0 spiro atoms. The molecule has 0 aliphatic heterocycles. The molecule has 1 N–H and O–H groups in total. The van der Waals surface area contributed by atoms with E-state index >= 15 is 0 Å². The Morgan fingerprint density at radius 3 is 2.20 bits per heavy atom. The van der Waals surface area contributed by atoms with E-state index in [9.17, 15) is 5.11 Å². The molecule has 0 atom stereocenters. The SMILES string of the molecule is Cc1cc2c(C(C)(C)CO)c3oc(C)cc3c(Cl)c2o1. The molecular formula is C16H17ClO3. The fourth-order valence-electron chi connectivity index (χ4n) is 2.72. The number of aliphatic hydroxyl groups is 1. The minimum atomic E-state index is -0.443. The van der Waals surface area contributed by atoms with Crippen molar-refractivity contribution in [3.05, 3.63) is 34.2 Å². The van der Waals surface area contributed by atoms with Gasteiger partial charge in [-0.2, -0.15) is 0 Å². The van der Waals surface area contributed by atoms with Gasteiger partial charge in [-0.05, 0) is 26.0 Å². The summed E-state index contributed by atoms with van der Waals surface area (Å²) < 4.78 is 11.6. The summed E-state index contributed by atoms with van der Waals surface area (Å²) in [7, 11) is 0. The molecule has 4 heteroatoms. The fourth-order valence-corrected chi connectivity index (χ4v) is 3.00. The number of benzene rings is 1. The molecule has 3 rings (SSSR count). The maximum atomic E-state index is 9.74. The molecule has 0 fully saturated rings. The first-order valence-corrected chi connectivity index (χ1v) is 6.96. The maximum absolute atomic E-state index is 9.74. The van der Waals surface area contributed by atoms with Crippen LogP contribution in [0.25, 0.3) is 21.9 Å². The predicted molar refractivity (Wildman–Crippen MR) is 80.6 cm³/mol. The van der Waals surface area contributed by atoms with Crippen molar-refractivity contribution in [2.45, 2.75) is 33.1 Å². The van der Waals surface area contributed by atoms with E-state index in [0.29, 0.717) is 10.6 Å². The first-order valence-electron chi connectivity index (χ1n) is 6.58. The van der Waals surface area contributed by atoms with E-state index in [1.807, 2.05) is 39.8 Å². The molecule has 0 aliphatic carbocycles. The van der Waals surface area contributed by atoms with Gasteiger partial charge >= 0.3 is 0 Å². The van der Waals surface area contributed by atoms with Crippen LogP contribution < -0.4 is 0 Å². The maximum Gasteiger partial charge on any atom is 0.154 e. The second-order valence-corrected chi connectivity index (χ2v) is 6.31. The highest BCUT2D eigenvalue weighted by Crippen LogP contribution is 2.43. The second kappa shape index (κ2) is 4.27. The van der Waals surface area contributed by atoms with Crippen LogP contribution in [0.4, 0.5) is 0 Å². The van der Waals surface area contributed by atoms with Crippen LogP contribution >= 0.6 is 11.6 Å². The quantitative estimate of drug-likeness (QED) is 0.743. The molecule has 0 radical (unpaired) electrons. The van der Waals surface area contributed by atoms with Gasteiger partial charge in [-0.25, -0.2) is 0 Å². The van der Waals surface area contributed by atoms with Crippen LogP contribution in [-0.4, -0.2) is 11.7 Å². The van der Waals surface area contributed by atoms with Gasteiger partial charge in [0, 0.05) is 21.8 Å². The summed E-state index contributed by atoms with van der Waals surface area (Å²) in [4.78, 5) is 0. The topological polar surface area (TPSA) is 46.5 Å². The molecule has 106 valence electrons. The summed E-state index contributed by atoms with van der Waals surface area (Å²) in [5.74, 6) is 1.59. The molecule has 1 aromatic carbocycles. The number of fused-ring (bicyclic) bond motifs is 2. The zero-order valence-corrected chi connectivity index (χ0v) is 12.8. The summed E-state index contributed by atoms with van der Waals surface area (Å²) in [6.45, 7) is 7.76. The Morgan fingerprint density at radius 1 is 1.05 bits per heavy atom. The van der Waals surface area contributed by atoms with Crippen LogP contribution in [0, 0.1) is 13.8 Å². The Hall–Kier alpha value is -1.45. The highest BCUT2D eigenvalue weighted by Gasteiger charge is 2.30. The second-order valence-electron chi connectivity index (χ2n) is 5.93. The average molecular weight is 293 g/mol. The van der Waals surface area contributed by atoms with Crippen LogP contribution in [0.2, 0.25) is 5.02 Å². The Morgan fingerprint density at radius 2 is 1.60 bits per heavy atom. The smallest absolute Gasteiger partial charge is 0.154 e. The van der Waals surface area contributed by atoms with E-state index < -0.39 is 5.41 Å². The number of rotatable bonds is 2. The summed E-state index contributed by atoms with van der Waals surface area (Å²) in [6.07, 6.45) is 0. The number of halogens is 1. The van der Waals surface area contributed by atoms with E-state index in [4.69, 9.17) is 20.4 Å². The summed E-state index contributed by atoms with van der Waals surface area (Å²) in [5, 5.41) is 12.1. The molecule has 0 amide bonds. The minimum Gasteiger partial charge on any atom is -0.461 e. The highest BCUT2D eigenvalue weighted by molar-refractivity contribution is 6.40. The van der Waals surface area contributed by atoms with Crippen LogP contribution in [0.5, 0.6) is 0 Å². The molecule has 3 nitrogen and oxygen atoms in total. The van der Waals surface area contributed by atoms with Crippen LogP contribution in [-0.2, 0) is 5.41 Å². The van der Waals surface area contributed by atoms with Crippen LogP contribution in [0.3, 0.4) is 0 Å². The zero-order chi connectivity index (χ0) is 14.7. The number of hydrogen-bond donors (Lipinski definition) is 1. The van der Waals surface area contributed by atoms with E-state index in [1.165, 1.54) is 0 Å². The van der Waals surface area contributed by atoms with Crippen molar-refractivity contribution in [3.63, 3.8) is 0 Å². The Balaban J connectivity index is 2.58. The Labute approximate surface area is 122 Å². The van der Waals surface area contributed by atoms with Gasteiger partial charge in [0.05, 0.1) is 11.6 Å². The largest absolute Gasteiger partial charge is 0.461 e. The molecule has 20 heavy (non-hydrogen) atoms. The molecule has 0 saturated carbocycles. The first kappa shape index (κ1) is 13.5. The molecule has 0 aliphatic rings. The summed E-state index contributed by atoms with van der Waals surface area (Å²) >= 11 is 6.45. The first-order chi connectivity index (χ1) is 9.35. The van der Waals surface area contributed by atoms with Gasteiger partial charge in [-0.15, -0.1) is 0 Å². The zero-order valence-electron chi connectivity index (χ0n) is 12.0. The van der Waals surface area contributed by atoms with Crippen molar-refractivity contribution in [1.82, 2.24) is 0 Å². The van der Waals surface area contributed by atoms with E-state index in [1.54, 1.807) is 0 Å². The Bertz CT molecular complexity index is 750. The van der Waals surface area contributed by atoms with Crippen LogP contribution in [0.1, 0.15) is 30.9 Å². The van der Waals surface area contributed by atoms with Gasteiger partial charge in [0.15, 0.2) is 5.58 Å². The van der Waals surface area contributed by atoms with Gasteiger partial charge in [0.1, 0.15) is 17.1 Å². The summed E-state index contributed by atoms with van der Waals surface area (Å²) in [6, 6.07) is 3.86. The third-order valence-corrected chi connectivity index (χ3v) is 4.09. The van der Waals surface area contributed by atoms with Crippen LogP contribution in [0.15, 0.2) is 21.0 Å². The molecular weight excluding hydrogens is 276 g/mol. The molecule has 2 heterocycles. The van der Waals surface area contributed by atoms with Crippen molar-refractivity contribution in [2.24, 2.45) is 0 Å². The van der Waals surface area contributed by atoms with E-state index in [-0.39, 0.29) is 6.61 Å². The number of hydrogen-bond acceptors (Lipinski definition) is 3. The lowest BCUT2D eigenvalue weighted by Crippen LogP contribution is -2.22. The van der Waals surface area contributed by atoms with Gasteiger partial charge in [-0.3, -0.25) is 0 Å². The lowest BCUT2D eigenvalue weighted by molar-refractivity contribution is 0.219. The molecule has 2 aromatic heterocycles. The van der Waals surface area contributed by atoms with Gasteiger partial charge in [-0.1, -0.05) is 25.4 Å². The average Bonchev–Trinajstić information content (AvgIpc) is 2.92. The van der Waals surface area contributed by atoms with Gasteiger partial charge in [0.2, 0.25) is 0 Å². The van der Waals surface area contributed by atoms with Crippen molar-refractivity contribution in [3.8, 4) is 0 Å². The molecule has 0 unspecified atom stereocenters. The van der Waals surface area contributed by atoms with Gasteiger partial charge < -0.3 is 13.9 Å². The number of aryl methyl sites for hydroxylation is 2. The lowest BCUT2D eigenvalue weighted by Gasteiger charge is -2.23. The third kappa shape index (κ3) is 1.77. The van der Waals surface area contributed by atoms with Crippen molar-refractivity contribution < 1.29 is 13.9 Å². The van der Waals surface area contributed by atoms with E-state index in [0.717, 1.165) is 33.4 Å². The summed E-state index contributed by atoms with van der Waals surface area (Å²) in [5.41, 5.74) is 1.90. The third-order valence-electron chi connectivity index (χ3n) is 3.71. The molecule has 0 bridgehead atoms. The van der Waals surface area contributed by atoms with Crippen molar-refractivity contribution in [2.75, 3.05) is 6.61 Å². The number of furan rings is 2. The highest BCUT2D eigenvalue weighted by atomic mass is 35.5. The van der Waals surface area contributed by atoms with Gasteiger partial charge in [0.25, 0.3) is 0 Å². The van der Waals surface area contributed by atoms with E-state index in [2.05, 4.69) is 0 Å². The fraction of sp³-hybridized carbons (Fsp3) is 0.375. The monoisotopic (exact) mass is 292 g/mol.